The molecular weight excluding hydrogens is 212 g/mol. The predicted molar refractivity (Wildman–Crippen MR) is 67.5 cm³/mol. The van der Waals surface area contributed by atoms with E-state index >= 15 is 0 Å². The molecule has 5 atom stereocenters. The average Bonchev–Trinajstić information content (AvgIpc) is 2.28. The molecule has 0 amide bonds. The third-order valence-corrected chi connectivity index (χ3v) is 6.32. The van der Waals surface area contributed by atoms with Crippen LogP contribution in [-0.4, -0.2) is 21.9 Å². The Bertz CT molecular complexity index is 338. The summed E-state index contributed by atoms with van der Waals surface area (Å²) in [5.41, 5.74) is -0.121. The van der Waals surface area contributed by atoms with Crippen LogP contribution in [0.3, 0.4) is 0 Å². The van der Waals surface area contributed by atoms with Crippen molar-refractivity contribution in [3.05, 3.63) is 0 Å². The van der Waals surface area contributed by atoms with Gasteiger partial charge in [-0.15, -0.1) is 0 Å². The van der Waals surface area contributed by atoms with Crippen LogP contribution in [0, 0.1) is 22.7 Å². The van der Waals surface area contributed by atoms with Crippen LogP contribution in [0.15, 0.2) is 0 Å². The van der Waals surface area contributed by atoms with Crippen molar-refractivity contribution in [2.24, 2.45) is 22.7 Å². The molecule has 3 rings (SSSR count). The fourth-order valence-corrected chi connectivity index (χ4v) is 5.10. The third-order valence-electron chi connectivity index (χ3n) is 6.32. The van der Waals surface area contributed by atoms with Gasteiger partial charge in [-0.2, -0.15) is 0 Å². The van der Waals surface area contributed by atoms with Crippen LogP contribution in [-0.2, 0) is 0 Å². The largest absolute Gasteiger partial charge is 0.393 e. The highest BCUT2D eigenvalue weighted by Crippen LogP contribution is 2.64. The zero-order valence-electron chi connectivity index (χ0n) is 11.4. The highest BCUT2D eigenvalue weighted by Gasteiger charge is 2.61. The molecule has 3 aliphatic rings. The van der Waals surface area contributed by atoms with Crippen LogP contribution in [0.5, 0.6) is 0 Å². The average molecular weight is 238 g/mol. The summed E-state index contributed by atoms with van der Waals surface area (Å²) >= 11 is 0. The zero-order chi connectivity index (χ0) is 12.5. The number of fused-ring (bicyclic) bond motifs is 4. The first-order valence-corrected chi connectivity index (χ1v) is 7.17. The quantitative estimate of drug-likeness (QED) is 0.681. The molecule has 0 radical (unpaired) electrons. The van der Waals surface area contributed by atoms with Crippen LogP contribution in [0.25, 0.3) is 0 Å². The van der Waals surface area contributed by atoms with Gasteiger partial charge in [0.15, 0.2) is 0 Å². The Kier molecular flexibility index (Phi) is 2.30. The summed E-state index contributed by atoms with van der Waals surface area (Å²) in [5.74, 6) is 1.16. The monoisotopic (exact) mass is 238 g/mol. The lowest BCUT2D eigenvalue weighted by Crippen LogP contribution is -2.57. The Morgan fingerprint density at radius 2 is 1.71 bits per heavy atom. The van der Waals surface area contributed by atoms with Crippen LogP contribution in [0.4, 0.5) is 0 Å². The second-order valence-corrected chi connectivity index (χ2v) is 7.93. The zero-order valence-corrected chi connectivity index (χ0v) is 11.4. The van der Waals surface area contributed by atoms with Crippen molar-refractivity contribution in [1.29, 1.82) is 0 Å². The SMILES string of the molecule is CC1(C)C[C@@H]2[C@@H]1CC[C@]1(C)C[C@]2(O)CC[C@@H]1O. The molecule has 3 aliphatic carbocycles. The summed E-state index contributed by atoms with van der Waals surface area (Å²) in [6.07, 6.45) is 5.65. The maximum Gasteiger partial charge on any atom is 0.0686 e. The van der Waals surface area contributed by atoms with Gasteiger partial charge in [0, 0.05) is 0 Å². The molecule has 0 aliphatic heterocycles. The van der Waals surface area contributed by atoms with Gasteiger partial charge in [-0.1, -0.05) is 20.8 Å². The first-order chi connectivity index (χ1) is 7.77. The fourth-order valence-electron chi connectivity index (χ4n) is 5.10. The molecule has 0 aromatic heterocycles. The first kappa shape index (κ1) is 12.0. The molecule has 2 heteroatoms. The van der Waals surface area contributed by atoms with Crippen LogP contribution >= 0.6 is 0 Å². The lowest BCUT2D eigenvalue weighted by atomic mass is 9.49. The van der Waals surface area contributed by atoms with E-state index in [-0.39, 0.29) is 11.5 Å². The van der Waals surface area contributed by atoms with E-state index in [2.05, 4.69) is 20.8 Å². The highest BCUT2D eigenvalue weighted by molar-refractivity contribution is 5.12. The van der Waals surface area contributed by atoms with Gasteiger partial charge in [0.1, 0.15) is 0 Å². The molecule has 2 nitrogen and oxygen atoms in total. The van der Waals surface area contributed by atoms with Gasteiger partial charge in [-0.05, 0) is 61.2 Å². The van der Waals surface area contributed by atoms with Gasteiger partial charge >= 0.3 is 0 Å². The van der Waals surface area contributed by atoms with Crippen LogP contribution in [0.2, 0.25) is 0 Å². The summed E-state index contributed by atoms with van der Waals surface area (Å²) in [7, 11) is 0. The summed E-state index contributed by atoms with van der Waals surface area (Å²) in [4.78, 5) is 0. The summed E-state index contributed by atoms with van der Waals surface area (Å²) in [6, 6.07) is 0. The predicted octanol–water partition coefficient (Wildman–Crippen LogP) is 2.72. The van der Waals surface area contributed by atoms with E-state index in [1.54, 1.807) is 0 Å². The summed E-state index contributed by atoms with van der Waals surface area (Å²) in [5, 5.41) is 21.2. The van der Waals surface area contributed by atoms with E-state index < -0.39 is 5.60 Å². The second kappa shape index (κ2) is 3.27. The molecule has 0 aromatic rings. The van der Waals surface area contributed by atoms with Crippen LogP contribution in [0.1, 0.15) is 59.3 Å². The van der Waals surface area contributed by atoms with Crippen molar-refractivity contribution in [3.63, 3.8) is 0 Å². The molecule has 3 fully saturated rings. The van der Waals surface area contributed by atoms with E-state index in [0.717, 1.165) is 25.7 Å². The Morgan fingerprint density at radius 1 is 1.00 bits per heavy atom. The number of aliphatic hydroxyl groups is 2. The van der Waals surface area contributed by atoms with Crippen LogP contribution < -0.4 is 0 Å². The van der Waals surface area contributed by atoms with Gasteiger partial charge in [0.25, 0.3) is 0 Å². The molecule has 17 heavy (non-hydrogen) atoms. The molecule has 0 aromatic carbocycles. The lowest BCUT2D eigenvalue weighted by Gasteiger charge is -2.58. The molecule has 0 saturated heterocycles. The Hall–Kier alpha value is -0.0800. The number of rotatable bonds is 0. The van der Waals surface area contributed by atoms with Crippen molar-refractivity contribution >= 4 is 0 Å². The van der Waals surface area contributed by atoms with E-state index in [1.165, 1.54) is 12.8 Å². The Morgan fingerprint density at radius 3 is 2.35 bits per heavy atom. The van der Waals surface area contributed by atoms with E-state index in [4.69, 9.17) is 0 Å². The van der Waals surface area contributed by atoms with Gasteiger partial charge in [-0.3, -0.25) is 0 Å². The second-order valence-electron chi connectivity index (χ2n) is 7.93. The normalized spacial score (nSPS) is 56.6. The molecule has 3 saturated carbocycles. The fraction of sp³-hybridized carbons (Fsp3) is 1.00. The van der Waals surface area contributed by atoms with Gasteiger partial charge in [0.2, 0.25) is 0 Å². The topological polar surface area (TPSA) is 40.5 Å². The molecule has 2 bridgehead atoms. The van der Waals surface area contributed by atoms with E-state index in [9.17, 15) is 10.2 Å². The molecular formula is C15H26O2. The van der Waals surface area contributed by atoms with Gasteiger partial charge in [0.05, 0.1) is 11.7 Å². The minimum Gasteiger partial charge on any atom is -0.393 e. The molecule has 0 heterocycles. The maximum absolute atomic E-state index is 11.0. The molecule has 98 valence electrons. The summed E-state index contributed by atoms with van der Waals surface area (Å²) < 4.78 is 0. The standard InChI is InChI=1S/C15H26O2/c1-13(2)8-11-10(13)4-6-14(3)9-15(11,17)7-5-12(14)16/h10-12,16-17H,4-9H2,1-3H3/t10-,11+,12-,14+,15+/m0/s1. The minimum atomic E-state index is -0.481. The van der Waals surface area contributed by atoms with Crippen molar-refractivity contribution in [2.75, 3.05) is 0 Å². The van der Waals surface area contributed by atoms with Gasteiger partial charge in [-0.25, -0.2) is 0 Å². The first-order valence-electron chi connectivity index (χ1n) is 7.17. The van der Waals surface area contributed by atoms with Crippen molar-refractivity contribution < 1.29 is 10.2 Å². The molecule has 2 N–H and O–H groups in total. The Labute approximate surface area is 104 Å². The summed E-state index contributed by atoms with van der Waals surface area (Å²) in [6.45, 7) is 6.86. The number of hydrogen-bond acceptors (Lipinski definition) is 2. The number of hydrogen-bond donors (Lipinski definition) is 2. The minimum absolute atomic E-state index is 0.0413. The lowest BCUT2D eigenvalue weighted by molar-refractivity contribution is -0.176. The van der Waals surface area contributed by atoms with E-state index in [0.29, 0.717) is 17.3 Å². The highest BCUT2D eigenvalue weighted by atomic mass is 16.3. The Balaban J connectivity index is 1.93. The maximum atomic E-state index is 11.0. The number of aliphatic hydroxyl groups excluding tert-OH is 1. The third kappa shape index (κ3) is 1.53. The van der Waals surface area contributed by atoms with Crippen molar-refractivity contribution in [3.8, 4) is 0 Å². The van der Waals surface area contributed by atoms with Crippen molar-refractivity contribution in [2.45, 2.75) is 71.0 Å². The molecule has 0 spiro atoms. The van der Waals surface area contributed by atoms with Crippen molar-refractivity contribution in [1.82, 2.24) is 0 Å². The van der Waals surface area contributed by atoms with Gasteiger partial charge < -0.3 is 10.2 Å². The molecule has 0 unspecified atom stereocenters. The van der Waals surface area contributed by atoms with E-state index in [1.807, 2.05) is 0 Å². The smallest absolute Gasteiger partial charge is 0.0686 e.